The van der Waals surface area contributed by atoms with Crippen LogP contribution in [0, 0.1) is 0 Å². The van der Waals surface area contributed by atoms with E-state index in [1.54, 1.807) is 24.2 Å². The number of halogens is 1. The van der Waals surface area contributed by atoms with Crippen molar-refractivity contribution in [1.29, 1.82) is 0 Å². The molecule has 3 nitrogen and oxygen atoms in total. The SMILES string of the molecule is CSc1cc(Br)cnc1-c1nccn1C. The fourth-order valence-corrected chi connectivity index (χ4v) is 2.40. The maximum Gasteiger partial charge on any atom is 0.159 e. The highest BCUT2D eigenvalue weighted by Gasteiger charge is 2.10. The molecule has 2 rings (SSSR count). The molecule has 0 amide bonds. The minimum atomic E-state index is 0.895. The first-order valence-electron chi connectivity index (χ1n) is 4.39. The van der Waals surface area contributed by atoms with Crippen molar-refractivity contribution in [3.05, 3.63) is 29.1 Å². The quantitative estimate of drug-likeness (QED) is 0.794. The van der Waals surface area contributed by atoms with E-state index in [0.29, 0.717) is 0 Å². The van der Waals surface area contributed by atoms with Crippen molar-refractivity contribution in [1.82, 2.24) is 14.5 Å². The Hall–Kier alpha value is -0.810. The van der Waals surface area contributed by atoms with E-state index < -0.39 is 0 Å². The molecule has 0 aliphatic heterocycles. The van der Waals surface area contributed by atoms with Crippen LogP contribution in [0.4, 0.5) is 0 Å². The molecule has 0 atom stereocenters. The van der Waals surface area contributed by atoms with E-state index in [2.05, 4.69) is 32.0 Å². The summed E-state index contributed by atoms with van der Waals surface area (Å²) in [5.41, 5.74) is 0.929. The third-order valence-corrected chi connectivity index (χ3v) is 3.26. The summed E-state index contributed by atoms with van der Waals surface area (Å²) in [5, 5.41) is 0. The summed E-state index contributed by atoms with van der Waals surface area (Å²) >= 11 is 5.09. The van der Waals surface area contributed by atoms with Gasteiger partial charge in [0, 0.05) is 35.0 Å². The van der Waals surface area contributed by atoms with Gasteiger partial charge in [0.25, 0.3) is 0 Å². The molecule has 2 heterocycles. The number of aryl methyl sites for hydroxylation is 1. The standard InChI is InChI=1S/C10H10BrN3S/c1-14-4-3-12-10(14)9-8(15-2)5-7(11)6-13-9/h3-6H,1-2H3. The number of nitrogens with zero attached hydrogens (tertiary/aromatic N) is 3. The van der Waals surface area contributed by atoms with Crippen LogP contribution in [0.15, 0.2) is 34.0 Å². The van der Waals surface area contributed by atoms with Crippen molar-refractivity contribution in [2.24, 2.45) is 7.05 Å². The van der Waals surface area contributed by atoms with Gasteiger partial charge in [0.2, 0.25) is 0 Å². The predicted molar refractivity (Wildman–Crippen MR) is 65.9 cm³/mol. The van der Waals surface area contributed by atoms with E-state index in [1.165, 1.54) is 0 Å². The Bertz CT molecular complexity index is 481. The van der Waals surface area contributed by atoms with Crippen LogP contribution in [-0.4, -0.2) is 20.8 Å². The molecule has 0 aromatic carbocycles. The Morgan fingerprint density at radius 2 is 2.20 bits per heavy atom. The Morgan fingerprint density at radius 1 is 1.40 bits per heavy atom. The van der Waals surface area contributed by atoms with Crippen LogP contribution >= 0.6 is 27.7 Å². The van der Waals surface area contributed by atoms with Gasteiger partial charge in [-0.05, 0) is 28.3 Å². The maximum atomic E-state index is 4.40. The average Bonchev–Trinajstić information content (AvgIpc) is 2.64. The van der Waals surface area contributed by atoms with Gasteiger partial charge in [-0.3, -0.25) is 4.98 Å². The van der Waals surface area contributed by atoms with Crippen LogP contribution in [0.1, 0.15) is 0 Å². The van der Waals surface area contributed by atoms with Crippen LogP contribution in [0.5, 0.6) is 0 Å². The smallest absolute Gasteiger partial charge is 0.159 e. The molecule has 0 aliphatic carbocycles. The van der Waals surface area contributed by atoms with Crippen LogP contribution in [0.3, 0.4) is 0 Å². The highest BCUT2D eigenvalue weighted by molar-refractivity contribution is 9.10. The first kappa shape index (κ1) is 10.7. The third-order valence-electron chi connectivity index (χ3n) is 2.07. The lowest BCUT2D eigenvalue weighted by Gasteiger charge is -2.06. The lowest BCUT2D eigenvalue weighted by Crippen LogP contribution is -1.95. The van der Waals surface area contributed by atoms with E-state index >= 15 is 0 Å². The summed E-state index contributed by atoms with van der Waals surface area (Å²) in [6.07, 6.45) is 7.53. The van der Waals surface area contributed by atoms with Gasteiger partial charge in [-0.2, -0.15) is 0 Å². The molecule has 0 aliphatic rings. The van der Waals surface area contributed by atoms with E-state index in [4.69, 9.17) is 0 Å². The van der Waals surface area contributed by atoms with E-state index in [1.807, 2.05) is 24.1 Å². The molecule has 5 heteroatoms. The molecule has 0 fully saturated rings. The number of hydrogen-bond acceptors (Lipinski definition) is 3. The highest BCUT2D eigenvalue weighted by atomic mass is 79.9. The van der Waals surface area contributed by atoms with Gasteiger partial charge in [0.15, 0.2) is 5.82 Å². The molecule has 0 radical (unpaired) electrons. The number of rotatable bonds is 2. The summed E-state index contributed by atoms with van der Waals surface area (Å²) in [4.78, 5) is 9.82. The van der Waals surface area contributed by atoms with Gasteiger partial charge in [0.05, 0.1) is 0 Å². The number of thioether (sulfide) groups is 1. The molecule has 0 saturated carbocycles. The molecule has 0 N–H and O–H groups in total. The van der Waals surface area contributed by atoms with Crippen molar-refractivity contribution in [3.8, 4) is 11.5 Å². The Morgan fingerprint density at radius 3 is 2.80 bits per heavy atom. The average molecular weight is 284 g/mol. The van der Waals surface area contributed by atoms with Gasteiger partial charge >= 0.3 is 0 Å². The van der Waals surface area contributed by atoms with Crippen LogP contribution in [0.2, 0.25) is 0 Å². The normalized spacial score (nSPS) is 10.6. The number of imidazole rings is 1. The maximum absolute atomic E-state index is 4.40. The Kier molecular flexibility index (Phi) is 3.11. The van der Waals surface area contributed by atoms with Crippen LogP contribution in [0.25, 0.3) is 11.5 Å². The van der Waals surface area contributed by atoms with Gasteiger partial charge < -0.3 is 4.57 Å². The van der Waals surface area contributed by atoms with Crippen molar-refractivity contribution >= 4 is 27.7 Å². The van der Waals surface area contributed by atoms with Gasteiger partial charge in [0.1, 0.15) is 5.69 Å². The Balaban J connectivity index is 2.58. The Labute approximate surface area is 101 Å². The van der Waals surface area contributed by atoms with Crippen LogP contribution < -0.4 is 0 Å². The van der Waals surface area contributed by atoms with E-state index in [-0.39, 0.29) is 0 Å². The third kappa shape index (κ3) is 2.08. The second-order valence-electron chi connectivity index (χ2n) is 3.07. The zero-order valence-electron chi connectivity index (χ0n) is 8.44. The number of aromatic nitrogens is 3. The van der Waals surface area contributed by atoms with Crippen molar-refractivity contribution < 1.29 is 0 Å². The van der Waals surface area contributed by atoms with Gasteiger partial charge in [-0.15, -0.1) is 11.8 Å². The van der Waals surface area contributed by atoms with Gasteiger partial charge in [-0.25, -0.2) is 4.98 Å². The predicted octanol–water partition coefficient (Wildman–Crippen LogP) is 2.97. The topological polar surface area (TPSA) is 30.7 Å². The minimum Gasteiger partial charge on any atom is -0.333 e. The molecule has 0 spiro atoms. The zero-order chi connectivity index (χ0) is 10.8. The fraction of sp³-hybridized carbons (Fsp3) is 0.200. The first-order chi connectivity index (χ1) is 7.22. The van der Waals surface area contributed by atoms with Crippen molar-refractivity contribution in [2.75, 3.05) is 6.26 Å². The largest absolute Gasteiger partial charge is 0.333 e. The highest BCUT2D eigenvalue weighted by Crippen LogP contribution is 2.28. The fourth-order valence-electron chi connectivity index (χ4n) is 1.34. The molecule has 15 heavy (non-hydrogen) atoms. The second-order valence-corrected chi connectivity index (χ2v) is 4.83. The molecule has 0 bridgehead atoms. The summed E-state index contributed by atoms with van der Waals surface area (Å²) in [6.45, 7) is 0. The minimum absolute atomic E-state index is 0.895. The molecular formula is C10H10BrN3S. The molecule has 2 aromatic heterocycles. The molecule has 0 saturated heterocycles. The summed E-state index contributed by atoms with van der Waals surface area (Å²) in [5.74, 6) is 0.895. The molecule has 0 unspecified atom stereocenters. The van der Waals surface area contributed by atoms with Crippen LogP contribution in [-0.2, 0) is 7.05 Å². The van der Waals surface area contributed by atoms with Crippen molar-refractivity contribution in [3.63, 3.8) is 0 Å². The van der Waals surface area contributed by atoms with E-state index in [9.17, 15) is 0 Å². The summed E-state index contributed by atoms with van der Waals surface area (Å²) < 4.78 is 2.96. The molecular weight excluding hydrogens is 274 g/mol. The monoisotopic (exact) mass is 283 g/mol. The lowest BCUT2D eigenvalue weighted by molar-refractivity contribution is 0.911. The number of pyridine rings is 1. The summed E-state index contributed by atoms with van der Waals surface area (Å²) in [7, 11) is 1.97. The summed E-state index contributed by atoms with van der Waals surface area (Å²) in [6, 6.07) is 2.06. The van der Waals surface area contributed by atoms with E-state index in [0.717, 1.165) is 20.9 Å². The molecule has 78 valence electrons. The lowest BCUT2D eigenvalue weighted by atomic mass is 10.3. The first-order valence-corrected chi connectivity index (χ1v) is 6.41. The number of hydrogen-bond donors (Lipinski definition) is 0. The van der Waals surface area contributed by atoms with Crippen molar-refractivity contribution in [2.45, 2.75) is 4.90 Å². The van der Waals surface area contributed by atoms with Gasteiger partial charge in [-0.1, -0.05) is 0 Å². The molecule has 2 aromatic rings. The second kappa shape index (κ2) is 4.37. The zero-order valence-corrected chi connectivity index (χ0v) is 10.8.